The van der Waals surface area contributed by atoms with Crippen molar-refractivity contribution in [3.05, 3.63) is 59.9 Å². The zero-order valence-corrected chi connectivity index (χ0v) is 11.3. The maximum Gasteiger partial charge on any atom is 0.224 e. The van der Waals surface area contributed by atoms with Crippen molar-refractivity contribution in [2.24, 2.45) is 7.05 Å². The summed E-state index contributed by atoms with van der Waals surface area (Å²) in [7, 11) is 1.96. The molecule has 0 bridgehead atoms. The Kier molecular flexibility index (Phi) is 4.78. The fourth-order valence-electron chi connectivity index (χ4n) is 2.08. The molecule has 19 heavy (non-hydrogen) atoms. The van der Waals surface area contributed by atoms with Crippen LogP contribution in [0.2, 0.25) is 0 Å². The smallest absolute Gasteiger partial charge is 0.224 e. The molecule has 0 fully saturated rings. The molecule has 100 valence electrons. The zero-order chi connectivity index (χ0) is 13.5. The Hall–Kier alpha value is -2.03. The Bertz CT molecular complexity index is 517. The van der Waals surface area contributed by atoms with E-state index in [1.807, 2.05) is 48.3 Å². The Morgan fingerprint density at radius 3 is 2.63 bits per heavy atom. The van der Waals surface area contributed by atoms with Gasteiger partial charge in [0, 0.05) is 26.0 Å². The van der Waals surface area contributed by atoms with Gasteiger partial charge >= 0.3 is 0 Å². The highest BCUT2D eigenvalue weighted by atomic mass is 16.1. The van der Waals surface area contributed by atoms with Gasteiger partial charge in [0.1, 0.15) is 0 Å². The first kappa shape index (κ1) is 13.4. The number of aryl methyl sites for hydroxylation is 2. The highest BCUT2D eigenvalue weighted by Crippen LogP contribution is 2.02. The van der Waals surface area contributed by atoms with Crippen LogP contribution in [0.25, 0.3) is 0 Å². The number of aromatic nitrogens is 1. The van der Waals surface area contributed by atoms with Gasteiger partial charge in [-0.05, 0) is 30.0 Å². The van der Waals surface area contributed by atoms with Gasteiger partial charge in [0.05, 0.1) is 6.42 Å². The standard InChI is InChI=1S/C16H20N2O/c1-18-11-9-15(13-18)12-16(19)17-10-5-8-14-6-3-2-4-7-14/h2-4,6-7,9,11,13H,5,8,10,12H2,1H3,(H,17,19). The molecular formula is C16H20N2O. The molecule has 1 aromatic carbocycles. The van der Waals surface area contributed by atoms with Crippen LogP contribution in [0.1, 0.15) is 17.5 Å². The van der Waals surface area contributed by atoms with Crippen LogP contribution in [0.4, 0.5) is 0 Å². The van der Waals surface area contributed by atoms with Gasteiger partial charge in [-0.2, -0.15) is 0 Å². The predicted octanol–water partition coefficient (Wildman–Crippen LogP) is 2.32. The summed E-state index contributed by atoms with van der Waals surface area (Å²) in [4.78, 5) is 11.7. The van der Waals surface area contributed by atoms with E-state index in [1.54, 1.807) is 0 Å². The molecule has 0 radical (unpaired) electrons. The Labute approximate surface area is 114 Å². The van der Waals surface area contributed by atoms with Crippen LogP contribution in [-0.4, -0.2) is 17.0 Å². The number of benzene rings is 1. The van der Waals surface area contributed by atoms with Gasteiger partial charge in [0.25, 0.3) is 0 Å². The van der Waals surface area contributed by atoms with Crippen LogP contribution in [0, 0.1) is 0 Å². The van der Waals surface area contributed by atoms with Crippen molar-refractivity contribution in [1.29, 1.82) is 0 Å². The number of carbonyl (C=O) groups is 1. The summed E-state index contributed by atoms with van der Waals surface area (Å²) in [5, 5.41) is 2.96. The van der Waals surface area contributed by atoms with E-state index in [0.29, 0.717) is 6.42 Å². The van der Waals surface area contributed by atoms with E-state index in [9.17, 15) is 4.79 Å². The maximum absolute atomic E-state index is 11.7. The fourth-order valence-corrected chi connectivity index (χ4v) is 2.08. The third kappa shape index (κ3) is 4.62. The first-order valence-electron chi connectivity index (χ1n) is 6.65. The quantitative estimate of drug-likeness (QED) is 0.791. The fraction of sp³-hybridized carbons (Fsp3) is 0.312. The third-order valence-corrected chi connectivity index (χ3v) is 3.07. The number of hydrogen-bond acceptors (Lipinski definition) is 1. The molecule has 1 heterocycles. The molecule has 0 aliphatic heterocycles. The number of nitrogens with one attached hydrogen (secondary N) is 1. The molecule has 0 saturated heterocycles. The first-order chi connectivity index (χ1) is 9.24. The van der Waals surface area contributed by atoms with Gasteiger partial charge in [-0.3, -0.25) is 4.79 Å². The van der Waals surface area contributed by atoms with E-state index in [2.05, 4.69) is 17.4 Å². The molecule has 2 aromatic rings. The molecule has 0 saturated carbocycles. The summed E-state index contributed by atoms with van der Waals surface area (Å²) < 4.78 is 1.96. The second kappa shape index (κ2) is 6.78. The monoisotopic (exact) mass is 256 g/mol. The van der Waals surface area contributed by atoms with E-state index in [-0.39, 0.29) is 5.91 Å². The molecule has 0 unspecified atom stereocenters. The van der Waals surface area contributed by atoms with Crippen LogP contribution in [0.5, 0.6) is 0 Å². The Balaban J connectivity index is 1.64. The van der Waals surface area contributed by atoms with E-state index < -0.39 is 0 Å². The van der Waals surface area contributed by atoms with Gasteiger partial charge in [0.15, 0.2) is 0 Å². The number of carbonyl (C=O) groups excluding carboxylic acids is 1. The lowest BCUT2D eigenvalue weighted by Gasteiger charge is -2.04. The zero-order valence-electron chi connectivity index (χ0n) is 11.3. The Morgan fingerprint density at radius 1 is 1.16 bits per heavy atom. The van der Waals surface area contributed by atoms with Crippen molar-refractivity contribution in [2.45, 2.75) is 19.3 Å². The summed E-state index contributed by atoms with van der Waals surface area (Å²) in [5.41, 5.74) is 2.38. The second-order valence-electron chi connectivity index (χ2n) is 4.80. The number of hydrogen-bond donors (Lipinski definition) is 1. The lowest BCUT2D eigenvalue weighted by molar-refractivity contribution is -0.120. The summed E-state index contributed by atoms with van der Waals surface area (Å²) in [6.45, 7) is 0.737. The molecule has 3 nitrogen and oxygen atoms in total. The van der Waals surface area contributed by atoms with Gasteiger partial charge in [-0.1, -0.05) is 30.3 Å². The number of amides is 1. The molecule has 1 aromatic heterocycles. The molecule has 3 heteroatoms. The molecule has 0 aliphatic carbocycles. The second-order valence-corrected chi connectivity index (χ2v) is 4.80. The van der Waals surface area contributed by atoms with Crippen LogP contribution in [0.3, 0.4) is 0 Å². The lowest BCUT2D eigenvalue weighted by Crippen LogP contribution is -2.26. The SMILES string of the molecule is Cn1ccc(CC(=O)NCCCc2ccccc2)c1. The number of rotatable bonds is 6. The average molecular weight is 256 g/mol. The third-order valence-electron chi connectivity index (χ3n) is 3.07. The molecule has 2 rings (SSSR count). The number of nitrogens with zero attached hydrogens (tertiary/aromatic N) is 1. The van der Waals surface area contributed by atoms with E-state index in [0.717, 1.165) is 24.9 Å². The normalized spacial score (nSPS) is 10.4. The van der Waals surface area contributed by atoms with Crippen molar-refractivity contribution in [3.63, 3.8) is 0 Å². The molecule has 1 amide bonds. The van der Waals surface area contributed by atoms with Crippen LogP contribution < -0.4 is 5.32 Å². The molecule has 0 spiro atoms. The summed E-state index contributed by atoms with van der Waals surface area (Å²) in [5.74, 6) is 0.0965. The van der Waals surface area contributed by atoms with Crippen LogP contribution in [-0.2, 0) is 24.7 Å². The summed E-state index contributed by atoms with van der Waals surface area (Å²) >= 11 is 0. The summed E-state index contributed by atoms with van der Waals surface area (Å²) in [6.07, 6.45) is 6.38. The van der Waals surface area contributed by atoms with Gasteiger partial charge in [-0.15, -0.1) is 0 Å². The van der Waals surface area contributed by atoms with E-state index >= 15 is 0 Å². The highest BCUT2D eigenvalue weighted by Gasteiger charge is 2.03. The minimum Gasteiger partial charge on any atom is -0.357 e. The molecular weight excluding hydrogens is 236 g/mol. The Morgan fingerprint density at radius 2 is 1.95 bits per heavy atom. The van der Waals surface area contributed by atoms with Gasteiger partial charge in [0.2, 0.25) is 5.91 Å². The molecule has 0 atom stereocenters. The predicted molar refractivity (Wildman–Crippen MR) is 76.9 cm³/mol. The highest BCUT2D eigenvalue weighted by molar-refractivity contribution is 5.78. The van der Waals surface area contributed by atoms with Crippen LogP contribution >= 0.6 is 0 Å². The molecule has 1 N–H and O–H groups in total. The van der Waals surface area contributed by atoms with Gasteiger partial charge in [-0.25, -0.2) is 0 Å². The molecule has 0 aliphatic rings. The van der Waals surface area contributed by atoms with Crippen LogP contribution in [0.15, 0.2) is 48.8 Å². The largest absolute Gasteiger partial charge is 0.357 e. The topological polar surface area (TPSA) is 34.0 Å². The minimum absolute atomic E-state index is 0.0965. The van der Waals surface area contributed by atoms with Crippen molar-refractivity contribution in [1.82, 2.24) is 9.88 Å². The summed E-state index contributed by atoms with van der Waals surface area (Å²) in [6, 6.07) is 12.3. The van der Waals surface area contributed by atoms with Crippen molar-refractivity contribution in [3.8, 4) is 0 Å². The first-order valence-corrected chi connectivity index (χ1v) is 6.65. The van der Waals surface area contributed by atoms with E-state index in [1.165, 1.54) is 5.56 Å². The van der Waals surface area contributed by atoms with E-state index in [4.69, 9.17) is 0 Å². The van der Waals surface area contributed by atoms with Crippen molar-refractivity contribution in [2.75, 3.05) is 6.54 Å². The minimum atomic E-state index is 0.0965. The average Bonchev–Trinajstić information content (AvgIpc) is 2.81. The maximum atomic E-state index is 11.7. The lowest BCUT2D eigenvalue weighted by atomic mass is 10.1. The van der Waals surface area contributed by atoms with Crippen molar-refractivity contribution >= 4 is 5.91 Å². The van der Waals surface area contributed by atoms with Gasteiger partial charge < -0.3 is 9.88 Å². The van der Waals surface area contributed by atoms with Crippen molar-refractivity contribution < 1.29 is 4.79 Å².